The number of ether oxygens (including phenoxy) is 1. The third kappa shape index (κ3) is 3.13. The van der Waals surface area contributed by atoms with Gasteiger partial charge in [0.15, 0.2) is 0 Å². The summed E-state index contributed by atoms with van der Waals surface area (Å²) in [6.07, 6.45) is 0. The second kappa shape index (κ2) is 6.15. The Morgan fingerprint density at radius 2 is 1.84 bits per heavy atom. The van der Waals surface area contributed by atoms with Gasteiger partial charge in [-0.1, -0.05) is 34.1 Å². The molecule has 0 heterocycles. The lowest BCUT2D eigenvalue weighted by atomic mass is 10.0. The van der Waals surface area contributed by atoms with Gasteiger partial charge in [-0.05, 0) is 31.2 Å². The van der Waals surface area contributed by atoms with E-state index >= 15 is 0 Å². The van der Waals surface area contributed by atoms with Crippen LogP contribution >= 0.6 is 15.9 Å². The van der Waals surface area contributed by atoms with E-state index in [1.165, 1.54) is 6.07 Å². The highest BCUT2D eigenvalue weighted by molar-refractivity contribution is 9.09. The van der Waals surface area contributed by atoms with E-state index in [-0.39, 0.29) is 5.56 Å². The summed E-state index contributed by atoms with van der Waals surface area (Å²) in [6.45, 7) is 2.39. The SMILES string of the molecule is CCOc1ccccc1C(Br)c1cc(F)ccc1F. The molecule has 0 bridgehead atoms. The summed E-state index contributed by atoms with van der Waals surface area (Å²) in [6, 6.07) is 10.7. The molecule has 1 unspecified atom stereocenters. The van der Waals surface area contributed by atoms with E-state index in [1.54, 1.807) is 0 Å². The van der Waals surface area contributed by atoms with Gasteiger partial charge in [0, 0.05) is 11.1 Å². The van der Waals surface area contributed by atoms with E-state index in [0.717, 1.165) is 17.7 Å². The van der Waals surface area contributed by atoms with Crippen LogP contribution in [0.15, 0.2) is 42.5 Å². The Labute approximate surface area is 119 Å². The fourth-order valence-corrected chi connectivity index (χ4v) is 2.58. The van der Waals surface area contributed by atoms with E-state index in [4.69, 9.17) is 4.74 Å². The molecular weight excluding hydrogens is 314 g/mol. The molecule has 0 N–H and O–H groups in total. The first kappa shape index (κ1) is 14.0. The standard InChI is InChI=1S/C15H13BrF2O/c1-2-19-14-6-4-3-5-11(14)15(16)12-9-10(17)7-8-13(12)18/h3-9,15H,2H2,1H3. The van der Waals surface area contributed by atoms with Crippen LogP contribution in [0.25, 0.3) is 0 Å². The first-order chi connectivity index (χ1) is 9.13. The van der Waals surface area contributed by atoms with Gasteiger partial charge in [-0.25, -0.2) is 8.78 Å². The molecule has 0 aromatic heterocycles. The molecule has 4 heteroatoms. The molecular formula is C15H13BrF2O. The summed E-state index contributed by atoms with van der Waals surface area (Å²) in [5, 5.41) is 0. The van der Waals surface area contributed by atoms with Gasteiger partial charge in [-0.15, -0.1) is 0 Å². The van der Waals surface area contributed by atoms with Gasteiger partial charge in [-0.3, -0.25) is 0 Å². The largest absolute Gasteiger partial charge is 0.494 e. The molecule has 19 heavy (non-hydrogen) atoms. The Morgan fingerprint density at radius 1 is 1.11 bits per heavy atom. The maximum atomic E-state index is 13.8. The maximum Gasteiger partial charge on any atom is 0.128 e. The van der Waals surface area contributed by atoms with Crippen molar-refractivity contribution in [3.05, 3.63) is 65.2 Å². The topological polar surface area (TPSA) is 9.23 Å². The number of para-hydroxylation sites is 1. The van der Waals surface area contributed by atoms with Gasteiger partial charge in [0.1, 0.15) is 17.4 Å². The number of halogens is 3. The quantitative estimate of drug-likeness (QED) is 0.730. The van der Waals surface area contributed by atoms with Crippen LogP contribution in [0.2, 0.25) is 0 Å². The van der Waals surface area contributed by atoms with Crippen LogP contribution in [-0.2, 0) is 0 Å². The first-order valence-corrected chi connectivity index (χ1v) is 6.85. The average molecular weight is 327 g/mol. The molecule has 1 nitrogen and oxygen atoms in total. The van der Waals surface area contributed by atoms with Crippen LogP contribution in [0.5, 0.6) is 5.75 Å². The van der Waals surface area contributed by atoms with Crippen LogP contribution in [0, 0.1) is 11.6 Å². The van der Waals surface area contributed by atoms with E-state index < -0.39 is 16.5 Å². The van der Waals surface area contributed by atoms with Crippen LogP contribution in [0.1, 0.15) is 22.9 Å². The summed E-state index contributed by atoms with van der Waals surface area (Å²) in [5.41, 5.74) is 1.03. The zero-order valence-corrected chi connectivity index (χ0v) is 12.0. The highest BCUT2D eigenvalue weighted by Gasteiger charge is 2.19. The second-order valence-electron chi connectivity index (χ2n) is 4.00. The van der Waals surface area contributed by atoms with Crippen molar-refractivity contribution in [1.29, 1.82) is 0 Å². The Morgan fingerprint density at radius 3 is 2.58 bits per heavy atom. The highest BCUT2D eigenvalue weighted by atomic mass is 79.9. The lowest BCUT2D eigenvalue weighted by molar-refractivity contribution is 0.337. The summed E-state index contributed by atoms with van der Waals surface area (Å²) in [4.78, 5) is -0.453. The third-order valence-electron chi connectivity index (χ3n) is 2.72. The fourth-order valence-electron chi connectivity index (χ4n) is 1.85. The molecule has 0 saturated carbocycles. The molecule has 100 valence electrons. The minimum Gasteiger partial charge on any atom is -0.494 e. The molecule has 2 aromatic rings. The predicted octanol–water partition coefficient (Wildman–Crippen LogP) is 4.85. The Balaban J connectivity index is 2.43. The summed E-state index contributed by atoms with van der Waals surface area (Å²) < 4.78 is 32.5. The normalized spacial score (nSPS) is 12.2. The summed E-state index contributed by atoms with van der Waals surface area (Å²) >= 11 is 3.41. The molecule has 0 aliphatic carbocycles. The van der Waals surface area contributed by atoms with Crippen molar-refractivity contribution in [3.8, 4) is 5.75 Å². The molecule has 2 aromatic carbocycles. The van der Waals surface area contributed by atoms with Crippen LogP contribution in [0.4, 0.5) is 8.78 Å². The van der Waals surface area contributed by atoms with Gasteiger partial charge >= 0.3 is 0 Å². The lowest BCUT2D eigenvalue weighted by Gasteiger charge is -2.16. The van der Waals surface area contributed by atoms with Gasteiger partial charge in [-0.2, -0.15) is 0 Å². The summed E-state index contributed by atoms with van der Waals surface area (Å²) in [5.74, 6) is -0.250. The molecule has 0 radical (unpaired) electrons. The average Bonchev–Trinajstić information content (AvgIpc) is 2.42. The minimum atomic E-state index is -0.463. The van der Waals surface area contributed by atoms with Crippen molar-refractivity contribution in [2.24, 2.45) is 0 Å². The van der Waals surface area contributed by atoms with Crippen molar-refractivity contribution < 1.29 is 13.5 Å². The number of benzene rings is 2. The van der Waals surface area contributed by atoms with Crippen molar-refractivity contribution in [2.75, 3.05) is 6.61 Å². The highest BCUT2D eigenvalue weighted by Crippen LogP contribution is 2.37. The number of rotatable bonds is 4. The van der Waals surface area contributed by atoms with E-state index in [9.17, 15) is 8.78 Å². The smallest absolute Gasteiger partial charge is 0.128 e. The Bertz CT molecular complexity index is 572. The van der Waals surface area contributed by atoms with Crippen LogP contribution < -0.4 is 4.74 Å². The van der Waals surface area contributed by atoms with Crippen molar-refractivity contribution >= 4 is 15.9 Å². The van der Waals surface area contributed by atoms with Crippen LogP contribution in [-0.4, -0.2) is 6.61 Å². The third-order valence-corrected chi connectivity index (χ3v) is 3.71. The van der Waals surface area contributed by atoms with E-state index in [0.29, 0.717) is 12.4 Å². The second-order valence-corrected chi connectivity index (χ2v) is 4.91. The van der Waals surface area contributed by atoms with Gasteiger partial charge in [0.25, 0.3) is 0 Å². The lowest BCUT2D eigenvalue weighted by Crippen LogP contribution is -2.02. The molecule has 2 rings (SSSR count). The van der Waals surface area contributed by atoms with E-state index in [1.807, 2.05) is 31.2 Å². The zero-order valence-electron chi connectivity index (χ0n) is 10.4. The maximum absolute atomic E-state index is 13.8. The molecule has 0 spiro atoms. The van der Waals surface area contributed by atoms with Crippen molar-refractivity contribution in [2.45, 2.75) is 11.8 Å². The molecule has 0 saturated heterocycles. The van der Waals surface area contributed by atoms with Gasteiger partial charge < -0.3 is 4.74 Å². The van der Waals surface area contributed by atoms with Crippen LogP contribution in [0.3, 0.4) is 0 Å². The minimum absolute atomic E-state index is 0.257. The summed E-state index contributed by atoms with van der Waals surface area (Å²) in [7, 11) is 0. The molecule has 0 aliphatic rings. The van der Waals surface area contributed by atoms with Crippen molar-refractivity contribution in [3.63, 3.8) is 0 Å². The first-order valence-electron chi connectivity index (χ1n) is 5.94. The Hall–Kier alpha value is -1.42. The van der Waals surface area contributed by atoms with E-state index in [2.05, 4.69) is 15.9 Å². The number of hydrogen-bond acceptors (Lipinski definition) is 1. The predicted molar refractivity (Wildman–Crippen MR) is 74.7 cm³/mol. The molecule has 1 atom stereocenters. The molecule has 0 fully saturated rings. The Kier molecular flexibility index (Phi) is 4.53. The monoisotopic (exact) mass is 326 g/mol. The molecule has 0 amide bonds. The zero-order chi connectivity index (χ0) is 13.8. The fraction of sp³-hybridized carbons (Fsp3) is 0.200. The molecule has 0 aliphatic heterocycles. The van der Waals surface area contributed by atoms with Gasteiger partial charge in [0.2, 0.25) is 0 Å². The number of alkyl halides is 1. The van der Waals surface area contributed by atoms with Crippen molar-refractivity contribution in [1.82, 2.24) is 0 Å². The van der Waals surface area contributed by atoms with Gasteiger partial charge in [0.05, 0.1) is 11.4 Å². The number of hydrogen-bond donors (Lipinski definition) is 0.